The molecule has 8 heteroatoms. The minimum atomic E-state index is 0.0992. The van der Waals surface area contributed by atoms with Crippen LogP contribution in [0, 0.1) is 6.92 Å². The summed E-state index contributed by atoms with van der Waals surface area (Å²) in [6.07, 6.45) is 7.93. The van der Waals surface area contributed by atoms with Gasteiger partial charge in [-0.3, -0.25) is 9.48 Å². The molecule has 1 fully saturated rings. The van der Waals surface area contributed by atoms with Crippen molar-refractivity contribution in [2.45, 2.75) is 51.6 Å². The number of nitrogens with zero attached hydrogens (tertiary/aromatic N) is 6. The Bertz CT molecular complexity index is 609. The van der Waals surface area contributed by atoms with Crippen molar-refractivity contribution in [3.63, 3.8) is 0 Å². The van der Waals surface area contributed by atoms with Crippen LogP contribution in [0.25, 0.3) is 0 Å². The summed E-state index contributed by atoms with van der Waals surface area (Å²) in [6, 6.07) is 0.255. The van der Waals surface area contributed by atoms with Crippen LogP contribution in [0.1, 0.15) is 37.1 Å². The molecule has 2 aromatic rings. The van der Waals surface area contributed by atoms with E-state index in [1.165, 1.54) is 0 Å². The van der Waals surface area contributed by atoms with E-state index in [0.717, 1.165) is 38.8 Å². The number of carbonyl (C=O) groups is 1. The molecular formula is C14H20N6O2. The van der Waals surface area contributed by atoms with Gasteiger partial charge in [0.2, 0.25) is 5.91 Å². The van der Waals surface area contributed by atoms with Gasteiger partial charge in [0.05, 0.1) is 12.6 Å². The van der Waals surface area contributed by atoms with Gasteiger partial charge < -0.3 is 4.90 Å². The maximum atomic E-state index is 12.6. The molecule has 0 radical (unpaired) electrons. The largest absolute Gasteiger partial charge is 0.339 e. The molecule has 8 nitrogen and oxygen atoms in total. The van der Waals surface area contributed by atoms with Crippen molar-refractivity contribution in [2.24, 2.45) is 0 Å². The van der Waals surface area contributed by atoms with Crippen LogP contribution >= 0.6 is 0 Å². The first kappa shape index (κ1) is 14.7. The summed E-state index contributed by atoms with van der Waals surface area (Å²) >= 11 is 0. The number of likely N-dealkylation sites (tertiary alicyclic amines) is 1. The van der Waals surface area contributed by atoms with Gasteiger partial charge in [-0.05, 0) is 32.6 Å². The molecule has 0 aromatic carbocycles. The topological polar surface area (TPSA) is 89.9 Å². The Labute approximate surface area is 128 Å². The molecule has 3 heterocycles. The van der Waals surface area contributed by atoms with E-state index in [2.05, 4.69) is 25.3 Å². The first-order valence-corrected chi connectivity index (χ1v) is 7.65. The molecule has 0 bridgehead atoms. The molecule has 118 valence electrons. The van der Waals surface area contributed by atoms with E-state index in [4.69, 9.17) is 0 Å². The van der Waals surface area contributed by atoms with Crippen LogP contribution in [0.15, 0.2) is 17.0 Å². The van der Waals surface area contributed by atoms with Gasteiger partial charge in [-0.15, -0.1) is 5.10 Å². The van der Waals surface area contributed by atoms with Crippen LogP contribution in [0.2, 0.25) is 0 Å². The Balaban J connectivity index is 1.61. The van der Waals surface area contributed by atoms with E-state index in [1.54, 1.807) is 13.1 Å². The summed E-state index contributed by atoms with van der Waals surface area (Å²) in [5.74, 6) is 0.0992. The number of aryl methyl sites for hydroxylation is 2. The SMILES string of the molecule is Cc1nonc1CC(=O)N1CCCC[C@@H]1CCn1ccnn1. The van der Waals surface area contributed by atoms with Crippen molar-refractivity contribution in [1.29, 1.82) is 0 Å². The molecule has 0 aliphatic carbocycles. The lowest BCUT2D eigenvalue weighted by molar-refractivity contribution is -0.134. The van der Waals surface area contributed by atoms with Gasteiger partial charge in [-0.25, -0.2) is 4.63 Å². The maximum absolute atomic E-state index is 12.6. The summed E-state index contributed by atoms with van der Waals surface area (Å²) in [4.78, 5) is 14.6. The number of amides is 1. The fourth-order valence-corrected chi connectivity index (χ4v) is 2.92. The molecule has 3 rings (SSSR count). The number of aromatic nitrogens is 5. The van der Waals surface area contributed by atoms with Gasteiger partial charge in [0.25, 0.3) is 0 Å². The van der Waals surface area contributed by atoms with E-state index >= 15 is 0 Å². The average molecular weight is 304 g/mol. The van der Waals surface area contributed by atoms with Crippen LogP contribution in [-0.2, 0) is 17.8 Å². The van der Waals surface area contributed by atoms with Crippen molar-refractivity contribution >= 4 is 5.91 Å². The van der Waals surface area contributed by atoms with Crippen molar-refractivity contribution in [1.82, 2.24) is 30.2 Å². The summed E-state index contributed by atoms with van der Waals surface area (Å²) in [7, 11) is 0. The number of hydrogen-bond acceptors (Lipinski definition) is 6. The molecule has 0 N–H and O–H groups in total. The van der Waals surface area contributed by atoms with E-state index in [-0.39, 0.29) is 18.4 Å². The van der Waals surface area contributed by atoms with Crippen LogP contribution in [-0.4, -0.2) is 48.7 Å². The Morgan fingerprint density at radius 3 is 3.05 bits per heavy atom. The highest BCUT2D eigenvalue weighted by Gasteiger charge is 2.27. The van der Waals surface area contributed by atoms with E-state index in [0.29, 0.717) is 11.4 Å². The minimum absolute atomic E-state index is 0.0992. The van der Waals surface area contributed by atoms with E-state index in [9.17, 15) is 4.79 Å². The molecule has 1 aliphatic heterocycles. The monoisotopic (exact) mass is 304 g/mol. The number of rotatable bonds is 5. The zero-order valence-corrected chi connectivity index (χ0v) is 12.7. The Morgan fingerprint density at radius 2 is 2.32 bits per heavy atom. The van der Waals surface area contributed by atoms with Gasteiger partial charge in [0.1, 0.15) is 11.4 Å². The van der Waals surface area contributed by atoms with Gasteiger partial charge in [-0.1, -0.05) is 15.5 Å². The lowest BCUT2D eigenvalue weighted by atomic mass is 9.98. The number of piperidine rings is 1. The molecule has 0 spiro atoms. The van der Waals surface area contributed by atoms with Crippen LogP contribution < -0.4 is 0 Å². The number of hydrogen-bond donors (Lipinski definition) is 0. The summed E-state index contributed by atoms with van der Waals surface area (Å²) < 4.78 is 6.48. The molecule has 0 unspecified atom stereocenters. The Hall–Kier alpha value is -2.25. The van der Waals surface area contributed by atoms with Crippen molar-refractivity contribution < 1.29 is 9.42 Å². The van der Waals surface area contributed by atoms with Crippen LogP contribution in [0.3, 0.4) is 0 Å². The maximum Gasteiger partial charge on any atom is 0.229 e. The quantitative estimate of drug-likeness (QED) is 0.818. The molecule has 1 aliphatic rings. The van der Waals surface area contributed by atoms with Crippen LogP contribution in [0.4, 0.5) is 0 Å². The third kappa shape index (κ3) is 3.32. The predicted molar refractivity (Wildman–Crippen MR) is 76.7 cm³/mol. The first-order chi connectivity index (χ1) is 10.7. The average Bonchev–Trinajstić information content (AvgIpc) is 3.18. The predicted octanol–water partition coefficient (Wildman–Crippen LogP) is 0.983. The lowest BCUT2D eigenvalue weighted by Crippen LogP contribution is -2.45. The molecule has 1 atom stereocenters. The standard InChI is InChI=1S/C14H20N6O2/c1-11-13(17-22-16-11)10-14(21)20-7-3-2-4-12(20)5-8-19-9-6-15-18-19/h6,9,12H,2-5,7-8,10H2,1H3/t12-/m1/s1. The molecular weight excluding hydrogens is 284 g/mol. The van der Waals surface area contributed by atoms with Crippen molar-refractivity contribution in [3.05, 3.63) is 23.8 Å². The third-order valence-electron chi connectivity index (χ3n) is 4.18. The Morgan fingerprint density at radius 1 is 1.41 bits per heavy atom. The van der Waals surface area contributed by atoms with Gasteiger partial charge in [0.15, 0.2) is 0 Å². The first-order valence-electron chi connectivity index (χ1n) is 7.65. The van der Waals surface area contributed by atoms with Gasteiger partial charge >= 0.3 is 0 Å². The molecule has 1 saturated heterocycles. The summed E-state index contributed by atoms with van der Waals surface area (Å²) in [5, 5.41) is 15.3. The fraction of sp³-hybridized carbons (Fsp3) is 0.643. The molecule has 2 aromatic heterocycles. The number of carbonyl (C=O) groups excluding carboxylic acids is 1. The summed E-state index contributed by atoms with van der Waals surface area (Å²) in [6.45, 7) is 3.39. The lowest BCUT2D eigenvalue weighted by Gasteiger charge is -2.35. The second-order valence-corrected chi connectivity index (χ2v) is 5.66. The zero-order chi connectivity index (χ0) is 15.4. The van der Waals surface area contributed by atoms with Crippen LogP contribution in [0.5, 0.6) is 0 Å². The zero-order valence-electron chi connectivity index (χ0n) is 12.7. The van der Waals surface area contributed by atoms with E-state index in [1.807, 2.05) is 15.8 Å². The van der Waals surface area contributed by atoms with Gasteiger partial charge in [-0.2, -0.15) is 0 Å². The molecule has 22 heavy (non-hydrogen) atoms. The Kier molecular flexibility index (Phi) is 4.45. The van der Waals surface area contributed by atoms with E-state index < -0.39 is 0 Å². The van der Waals surface area contributed by atoms with Crippen molar-refractivity contribution in [3.8, 4) is 0 Å². The second kappa shape index (κ2) is 6.67. The van der Waals surface area contributed by atoms with Gasteiger partial charge in [0, 0.05) is 25.3 Å². The second-order valence-electron chi connectivity index (χ2n) is 5.66. The fourth-order valence-electron chi connectivity index (χ4n) is 2.92. The highest BCUT2D eigenvalue weighted by atomic mass is 16.6. The molecule has 1 amide bonds. The van der Waals surface area contributed by atoms with Crippen molar-refractivity contribution in [2.75, 3.05) is 6.54 Å². The molecule has 0 saturated carbocycles. The highest BCUT2D eigenvalue weighted by molar-refractivity contribution is 5.78. The smallest absolute Gasteiger partial charge is 0.229 e. The minimum Gasteiger partial charge on any atom is -0.339 e. The highest BCUT2D eigenvalue weighted by Crippen LogP contribution is 2.21. The normalized spacial score (nSPS) is 18.6. The third-order valence-corrected chi connectivity index (χ3v) is 4.18. The summed E-state index contributed by atoms with van der Waals surface area (Å²) in [5.41, 5.74) is 1.31.